The zero-order valence-corrected chi connectivity index (χ0v) is 12.4. The van der Waals surface area contributed by atoms with Crippen LogP contribution in [0.5, 0.6) is 0 Å². The van der Waals surface area contributed by atoms with Crippen molar-refractivity contribution in [3.8, 4) is 0 Å². The summed E-state index contributed by atoms with van der Waals surface area (Å²) < 4.78 is 9.44. The molecule has 1 aromatic carbocycles. The van der Waals surface area contributed by atoms with Crippen LogP contribution in [0.25, 0.3) is 0 Å². The van der Waals surface area contributed by atoms with Gasteiger partial charge in [0.1, 0.15) is 0 Å². The van der Waals surface area contributed by atoms with Crippen LogP contribution in [0.3, 0.4) is 0 Å². The summed E-state index contributed by atoms with van der Waals surface area (Å²) in [5.41, 5.74) is -2.36. The molecule has 0 N–H and O–H groups in total. The number of carbonyl (C=O) groups excluding carboxylic acids is 3. The Morgan fingerprint density at radius 2 is 1.43 bits per heavy atom. The Hall–Kier alpha value is -2.37. The summed E-state index contributed by atoms with van der Waals surface area (Å²) >= 11 is 0. The first kappa shape index (κ1) is 15.0. The molecule has 112 valence electrons. The van der Waals surface area contributed by atoms with Crippen LogP contribution in [0.2, 0.25) is 0 Å². The van der Waals surface area contributed by atoms with Gasteiger partial charge in [-0.15, -0.1) is 0 Å². The Morgan fingerprint density at radius 3 is 1.86 bits per heavy atom. The second-order valence-electron chi connectivity index (χ2n) is 5.26. The minimum Gasteiger partial charge on any atom is -0.467 e. The maximum Gasteiger partial charge on any atom is 0.346 e. The fraction of sp³-hybridized carbons (Fsp3) is 0.400. The van der Waals surface area contributed by atoms with E-state index in [0.29, 0.717) is 5.56 Å². The van der Waals surface area contributed by atoms with Gasteiger partial charge in [-0.05, 0) is 26.0 Å². The minimum absolute atomic E-state index is 0.389. The molecule has 0 aliphatic carbocycles. The maximum absolute atomic E-state index is 12.6. The highest BCUT2D eigenvalue weighted by molar-refractivity contribution is 6.17. The van der Waals surface area contributed by atoms with E-state index in [2.05, 4.69) is 0 Å². The molecule has 1 fully saturated rings. The molecular weight excluding hydrogens is 274 g/mol. The van der Waals surface area contributed by atoms with Gasteiger partial charge < -0.3 is 14.4 Å². The normalized spacial score (nSPS) is 17.8. The van der Waals surface area contributed by atoms with E-state index < -0.39 is 28.9 Å². The van der Waals surface area contributed by atoms with E-state index in [0.717, 1.165) is 0 Å². The number of nitrogens with zero attached hydrogens (tertiary/aromatic N) is 1. The van der Waals surface area contributed by atoms with E-state index >= 15 is 0 Å². The van der Waals surface area contributed by atoms with Crippen molar-refractivity contribution in [3.63, 3.8) is 0 Å². The fourth-order valence-electron chi connectivity index (χ4n) is 2.76. The molecule has 0 radical (unpaired) electrons. The van der Waals surface area contributed by atoms with Gasteiger partial charge in [0.15, 0.2) is 0 Å². The number of hydrogen-bond acceptors (Lipinski definition) is 5. The monoisotopic (exact) mass is 291 g/mol. The maximum atomic E-state index is 12.6. The van der Waals surface area contributed by atoms with Crippen LogP contribution in [0.4, 0.5) is 0 Å². The number of ether oxygens (including phenoxy) is 2. The largest absolute Gasteiger partial charge is 0.467 e. The van der Waals surface area contributed by atoms with Crippen molar-refractivity contribution < 1.29 is 23.9 Å². The quantitative estimate of drug-likeness (QED) is 0.472. The van der Waals surface area contributed by atoms with Crippen molar-refractivity contribution in [2.24, 2.45) is 0 Å². The van der Waals surface area contributed by atoms with Crippen LogP contribution in [-0.4, -0.2) is 48.0 Å². The summed E-state index contributed by atoms with van der Waals surface area (Å²) in [5.74, 6) is -2.02. The lowest BCUT2D eigenvalue weighted by Crippen LogP contribution is -2.43. The third kappa shape index (κ3) is 1.82. The number of benzene rings is 1. The number of hydrogen-bond donors (Lipinski definition) is 0. The summed E-state index contributed by atoms with van der Waals surface area (Å²) in [4.78, 5) is 38.1. The highest BCUT2D eigenvalue weighted by Gasteiger charge is 2.83. The van der Waals surface area contributed by atoms with E-state index in [9.17, 15) is 14.4 Å². The molecule has 1 saturated heterocycles. The average molecular weight is 291 g/mol. The van der Waals surface area contributed by atoms with Crippen LogP contribution < -0.4 is 0 Å². The number of rotatable bonds is 3. The molecular formula is C15H17NO5. The first-order chi connectivity index (χ1) is 9.85. The Kier molecular flexibility index (Phi) is 3.49. The van der Waals surface area contributed by atoms with Crippen LogP contribution in [0, 0.1) is 0 Å². The molecule has 1 aliphatic heterocycles. The Bertz CT molecular complexity index is 577. The molecule has 0 bridgehead atoms. The predicted molar refractivity (Wildman–Crippen MR) is 73.5 cm³/mol. The summed E-state index contributed by atoms with van der Waals surface area (Å²) in [6, 6.07) is 8.44. The zero-order valence-electron chi connectivity index (χ0n) is 12.4. The Balaban J connectivity index is 2.47. The lowest BCUT2D eigenvalue weighted by molar-refractivity contribution is -0.158. The average Bonchev–Trinajstić information content (AvgIpc) is 3.03. The molecule has 21 heavy (non-hydrogen) atoms. The first-order valence-corrected chi connectivity index (χ1v) is 6.42. The molecule has 1 aromatic rings. The summed E-state index contributed by atoms with van der Waals surface area (Å²) in [6.07, 6.45) is 0. The molecule has 2 rings (SSSR count). The fourth-order valence-corrected chi connectivity index (χ4v) is 2.76. The van der Waals surface area contributed by atoms with Gasteiger partial charge in [-0.1, -0.05) is 18.2 Å². The number of amides is 1. The van der Waals surface area contributed by atoms with E-state index in [1.807, 2.05) is 0 Å². The second kappa shape index (κ2) is 4.87. The topological polar surface area (TPSA) is 72.7 Å². The van der Waals surface area contributed by atoms with E-state index in [1.54, 1.807) is 44.2 Å². The Morgan fingerprint density at radius 1 is 0.952 bits per heavy atom. The number of carbonyl (C=O) groups is 3. The highest BCUT2D eigenvalue weighted by atomic mass is 16.6. The second-order valence-corrected chi connectivity index (χ2v) is 5.26. The van der Waals surface area contributed by atoms with Gasteiger partial charge in [-0.25, -0.2) is 9.59 Å². The molecule has 1 heterocycles. The van der Waals surface area contributed by atoms with Crippen LogP contribution in [0.1, 0.15) is 24.2 Å². The summed E-state index contributed by atoms with van der Waals surface area (Å²) in [6.45, 7) is 3.25. The van der Waals surface area contributed by atoms with Crippen molar-refractivity contribution in [2.45, 2.75) is 24.9 Å². The van der Waals surface area contributed by atoms with Crippen molar-refractivity contribution in [1.82, 2.24) is 4.90 Å². The van der Waals surface area contributed by atoms with Crippen molar-refractivity contribution in [3.05, 3.63) is 35.9 Å². The molecule has 0 aromatic heterocycles. The Labute approximate surface area is 122 Å². The van der Waals surface area contributed by atoms with Crippen molar-refractivity contribution in [2.75, 3.05) is 14.2 Å². The summed E-state index contributed by atoms with van der Waals surface area (Å²) in [5, 5.41) is 0. The smallest absolute Gasteiger partial charge is 0.346 e. The van der Waals surface area contributed by atoms with Crippen LogP contribution >= 0.6 is 0 Å². The zero-order chi connectivity index (χ0) is 15.8. The van der Waals surface area contributed by atoms with Crippen LogP contribution in [-0.2, 0) is 19.1 Å². The molecule has 6 nitrogen and oxygen atoms in total. The molecule has 0 spiro atoms. The molecule has 1 aliphatic rings. The SMILES string of the molecule is COC(=O)C1(C(=O)OC)N(C(=O)c2ccccc2)C1(C)C. The first-order valence-electron chi connectivity index (χ1n) is 6.42. The van der Waals surface area contributed by atoms with E-state index in [-0.39, 0.29) is 0 Å². The lowest BCUT2D eigenvalue weighted by Gasteiger charge is -2.13. The lowest BCUT2D eigenvalue weighted by atomic mass is 9.96. The number of methoxy groups -OCH3 is 2. The molecule has 6 heteroatoms. The van der Waals surface area contributed by atoms with Gasteiger partial charge in [-0.3, -0.25) is 4.79 Å². The van der Waals surface area contributed by atoms with Gasteiger partial charge in [0, 0.05) is 5.56 Å². The molecule has 0 saturated carbocycles. The van der Waals surface area contributed by atoms with Gasteiger partial charge in [0.05, 0.1) is 19.8 Å². The van der Waals surface area contributed by atoms with Crippen molar-refractivity contribution in [1.29, 1.82) is 0 Å². The van der Waals surface area contributed by atoms with Gasteiger partial charge in [0.2, 0.25) is 0 Å². The standard InChI is InChI=1S/C15H17NO5/c1-14(2)15(12(18)20-3,13(19)21-4)16(14)11(17)10-8-6-5-7-9-10/h5-9H,1-4H3. The van der Waals surface area contributed by atoms with Gasteiger partial charge in [-0.2, -0.15) is 0 Å². The van der Waals surface area contributed by atoms with Crippen LogP contribution in [0.15, 0.2) is 30.3 Å². The highest BCUT2D eigenvalue weighted by Crippen LogP contribution is 2.53. The van der Waals surface area contributed by atoms with E-state index in [1.165, 1.54) is 19.1 Å². The number of esters is 2. The third-order valence-corrected chi connectivity index (χ3v) is 3.92. The molecule has 1 amide bonds. The van der Waals surface area contributed by atoms with E-state index in [4.69, 9.17) is 9.47 Å². The third-order valence-electron chi connectivity index (χ3n) is 3.92. The van der Waals surface area contributed by atoms with Gasteiger partial charge >= 0.3 is 11.9 Å². The van der Waals surface area contributed by atoms with Crippen molar-refractivity contribution >= 4 is 17.8 Å². The van der Waals surface area contributed by atoms with Gasteiger partial charge in [0.25, 0.3) is 11.4 Å². The molecule has 0 atom stereocenters. The predicted octanol–water partition coefficient (Wildman–Crippen LogP) is 1.01. The minimum atomic E-state index is -1.73. The molecule has 0 unspecified atom stereocenters. The summed E-state index contributed by atoms with van der Waals surface area (Å²) in [7, 11) is 2.35.